The number of halogens is 1. The number of rotatable bonds is 6. The number of anilines is 2. The predicted molar refractivity (Wildman–Crippen MR) is 109 cm³/mol. The van der Waals surface area contributed by atoms with Crippen LogP contribution in [0.2, 0.25) is 0 Å². The minimum Gasteiger partial charge on any atom is -0.395 e. The van der Waals surface area contributed by atoms with Crippen LogP contribution in [0.5, 0.6) is 0 Å². The lowest BCUT2D eigenvalue weighted by molar-refractivity contribution is 0.112. The molecule has 0 bridgehead atoms. The normalized spacial score (nSPS) is 17.6. The largest absolute Gasteiger partial charge is 0.395 e. The van der Waals surface area contributed by atoms with Gasteiger partial charge in [-0.3, -0.25) is 4.90 Å². The number of nitrogens with zero attached hydrogens (tertiary/aromatic N) is 3. The highest BCUT2D eigenvalue weighted by atomic mass is 32.2. The zero-order valence-corrected chi connectivity index (χ0v) is 16.3. The highest BCUT2D eigenvalue weighted by Gasteiger charge is 2.24. The molecule has 1 fully saturated rings. The molecule has 1 saturated heterocycles. The third kappa shape index (κ3) is 4.29. The second-order valence-corrected chi connectivity index (χ2v) is 8.18. The van der Waals surface area contributed by atoms with Crippen LogP contribution in [0.25, 0.3) is 0 Å². The molecular weight excluding hydrogens is 361 g/mol. The fraction of sp³-hybridized carbons (Fsp3) is 0.429. The van der Waals surface area contributed by atoms with Gasteiger partial charge in [0.1, 0.15) is 5.82 Å². The van der Waals surface area contributed by atoms with Gasteiger partial charge in [0.05, 0.1) is 18.0 Å². The summed E-state index contributed by atoms with van der Waals surface area (Å²) in [6.07, 6.45) is 1.04. The minimum absolute atomic E-state index is 0.182. The first-order valence-corrected chi connectivity index (χ1v) is 10.5. The Labute approximate surface area is 164 Å². The van der Waals surface area contributed by atoms with Gasteiger partial charge in [0.15, 0.2) is 0 Å². The second kappa shape index (κ2) is 8.61. The number of aliphatic hydroxyl groups excluding tert-OH is 1. The van der Waals surface area contributed by atoms with E-state index in [9.17, 15) is 4.39 Å². The van der Waals surface area contributed by atoms with Crippen molar-refractivity contribution in [1.29, 1.82) is 0 Å². The molecule has 2 heterocycles. The van der Waals surface area contributed by atoms with Gasteiger partial charge in [-0.1, -0.05) is 23.9 Å². The van der Waals surface area contributed by atoms with Gasteiger partial charge in [-0.2, -0.15) is 0 Å². The lowest BCUT2D eigenvalue weighted by Crippen LogP contribution is -2.47. The highest BCUT2D eigenvalue weighted by Crippen LogP contribution is 2.48. The number of β-amino-alcohol motifs (C(OH)–C–C–N with tert-alkyl or cyclic N) is 1. The van der Waals surface area contributed by atoms with Gasteiger partial charge in [-0.05, 0) is 43.3 Å². The summed E-state index contributed by atoms with van der Waals surface area (Å²) in [6, 6.07) is 13.5. The van der Waals surface area contributed by atoms with Crippen LogP contribution in [0.15, 0.2) is 52.3 Å². The molecule has 1 N–H and O–H groups in total. The number of hydrogen-bond donors (Lipinski definition) is 1. The average Bonchev–Trinajstić information content (AvgIpc) is 2.69. The van der Waals surface area contributed by atoms with Crippen molar-refractivity contribution in [2.24, 2.45) is 0 Å². The molecule has 2 aromatic carbocycles. The summed E-state index contributed by atoms with van der Waals surface area (Å²) >= 11 is 1.72. The number of fused-ring (bicyclic) bond motifs is 2. The molecule has 0 spiro atoms. The summed E-state index contributed by atoms with van der Waals surface area (Å²) in [7, 11) is 0. The molecule has 2 aliphatic heterocycles. The smallest absolute Gasteiger partial charge is 0.125 e. The molecule has 0 saturated carbocycles. The van der Waals surface area contributed by atoms with Crippen molar-refractivity contribution in [3.63, 3.8) is 0 Å². The Morgan fingerprint density at radius 3 is 2.33 bits per heavy atom. The summed E-state index contributed by atoms with van der Waals surface area (Å²) in [6.45, 7) is 7.10. The SMILES string of the molecule is OCCN1CCN(CCCN2c3ccccc3Sc3ccc(F)cc32)CC1. The van der Waals surface area contributed by atoms with E-state index in [1.165, 1.54) is 10.6 Å². The summed E-state index contributed by atoms with van der Waals surface area (Å²) in [5, 5.41) is 9.06. The first-order valence-electron chi connectivity index (χ1n) is 9.64. The maximum atomic E-state index is 13.9. The van der Waals surface area contributed by atoms with Crippen LogP contribution < -0.4 is 4.90 Å². The lowest BCUT2D eigenvalue weighted by Gasteiger charge is -2.36. The van der Waals surface area contributed by atoms with Crippen molar-refractivity contribution in [2.75, 3.05) is 57.3 Å². The summed E-state index contributed by atoms with van der Waals surface area (Å²) in [4.78, 5) is 9.42. The molecule has 0 atom stereocenters. The molecule has 2 aromatic rings. The average molecular weight is 388 g/mol. The Kier molecular flexibility index (Phi) is 5.98. The van der Waals surface area contributed by atoms with Crippen LogP contribution >= 0.6 is 11.8 Å². The molecule has 0 aromatic heterocycles. The van der Waals surface area contributed by atoms with Crippen LogP contribution in [0.1, 0.15) is 6.42 Å². The Morgan fingerprint density at radius 2 is 1.56 bits per heavy atom. The minimum atomic E-state index is -0.182. The first kappa shape index (κ1) is 18.7. The molecular formula is C21H26FN3OS. The lowest BCUT2D eigenvalue weighted by atomic mass is 10.2. The molecule has 0 radical (unpaired) electrons. The van der Waals surface area contributed by atoms with E-state index in [2.05, 4.69) is 39.0 Å². The van der Waals surface area contributed by atoms with E-state index < -0.39 is 0 Å². The number of benzene rings is 2. The highest BCUT2D eigenvalue weighted by molar-refractivity contribution is 7.99. The monoisotopic (exact) mass is 387 g/mol. The molecule has 144 valence electrons. The Morgan fingerprint density at radius 1 is 0.852 bits per heavy atom. The van der Waals surface area contributed by atoms with Crippen molar-refractivity contribution in [3.8, 4) is 0 Å². The van der Waals surface area contributed by atoms with Gasteiger partial charge < -0.3 is 14.9 Å². The van der Waals surface area contributed by atoms with Crippen LogP contribution in [-0.4, -0.2) is 67.3 Å². The molecule has 0 aliphatic carbocycles. The second-order valence-electron chi connectivity index (χ2n) is 7.09. The van der Waals surface area contributed by atoms with Gasteiger partial charge in [0.25, 0.3) is 0 Å². The van der Waals surface area contributed by atoms with Crippen molar-refractivity contribution in [2.45, 2.75) is 16.2 Å². The fourth-order valence-electron chi connectivity index (χ4n) is 3.87. The summed E-state index contributed by atoms with van der Waals surface area (Å²) < 4.78 is 13.9. The first-order chi connectivity index (χ1) is 13.2. The van der Waals surface area contributed by atoms with Gasteiger partial charge in [0, 0.05) is 49.1 Å². The molecule has 4 rings (SSSR count). The van der Waals surface area contributed by atoms with E-state index in [1.54, 1.807) is 23.9 Å². The van der Waals surface area contributed by atoms with E-state index in [4.69, 9.17) is 5.11 Å². The van der Waals surface area contributed by atoms with Crippen LogP contribution in [-0.2, 0) is 0 Å². The van der Waals surface area contributed by atoms with Crippen LogP contribution in [0.4, 0.5) is 15.8 Å². The zero-order valence-electron chi connectivity index (χ0n) is 15.5. The quantitative estimate of drug-likeness (QED) is 0.820. The molecule has 2 aliphatic rings. The van der Waals surface area contributed by atoms with Crippen LogP contribution in [0.3, 0.4) is 0 Å². The van der Waals surface area contributed by atoms with Gasteiger partial charge >= 0.3 is 0 Å². The van der Waals surface area contributed by atoms with Crippen molar-refractivity contribution >= 4 is 23.1 Å². The van der Waals surface area contributed by atoms with E-state index in [0.29, 0.717) is 0 Å². The topological polar surface area (TPSA) is 30.0 Å². The van der Waals surface area contributed by atoms with E-state index in [-0.39, 0.29) is 12.4 Å². The molecule has 6 heteroatoms. The van der Waals surface area contributed by atoms with Gasteiger partial charge in [0.2, 0.25) is 0 Å². The summed E-state index contributed by atoms with van der Waals surface area (Å²) in [5.74, 6) is -0.182. The number of para-hydroxylation sites is 1. The Hall–Kier alpha value is -1.60. The van der Waals surface area contributed by atoms with Gasteiger partial charge in [-0.25, -0.2) is 4.39 Å². The maximum absolute atomic E-state index is 13.9. The number of hydrogen-bond acceptors (Lipinski definition) is 5. The summed E-state index contributed by atoms with van der Waals surface area (Å²) in [5.41, 5.74) is 2.15. The van der Waals surface area contributed by atoms with E-state index in [0.717, 1.165) is 62.8 Å². The molecule has 4 nitrogen and oxygen atoms in total. The van der Waals surface area contributed by atoms with Crippen molar-refractivity contribution < 1.29 is 9.50 Å². The molecule has 27 heavy (non-hydrogen) atoms. The number of aliphatic hydroxyl groups is 1. The predicted octanol–water partition coefficient (Wildman–Crippen LogP) is 3.43. The van der Waals surface area contributed by atoms with Crippen molar-refractivity contribution in [1.82, 2.24) is 9.80 Å². The maximum Gasteiger partial charge on any atom is 0.125 e. The van der Waals surface area contributed by atoms with E-state index in [1.807, 2.05) is 6.07 Å². The third-order valence-electron chi connectivity index (χ3n) is 5.32. The Bertz CT molecular complexity index is 780. The van der Waals surface area contributed by atoms with Gasteiger partial charge in [-0.15, -0.1) is 0 Å². The van der Waals surface area contributed by atoms with E-state index >= 15 is 0 Å². The van der Waals surface area contributed by atoms with Crippen molar-refractivity contribution in [3.05, 3.63) is 48.3 Å². The number of piperazine rings is 1. The molecule has 0 amide bonds. The van der Waals surface area contributed by atoms with Crippen LogP contribution in [0, 0.1) is 5.82 Å². The molecule has 0 unspecified atom stereocenters. The third-order valence-corrected chi connectivity index (χ3v) is 6.46. The fourth-order valence-corrected chi connectivity index (χ4v) is 4.95. The Balaban J connectivity index is 1.41. The zero-order chi connectivity index (χ0) is 18.6. The standard InChI is InChI=1S/C21H26FN3OS/c22-17-6-7-21-19(16-17)25(18-4-1-2-5-20(18)27-21)9-3-8-23-10-12-24(13-11-23)14-15-26/h1-2,4-7,16,26H,3,8-15H2.